The van der Waals surface area contributed by atoms with Gasteiger partial charge in [0.25, 0.3) is 0 Å². The molecule has 2 saturated carbocycles. The standard InChI is InChI=1S/C13H18O2/c14-12(15)8-13(4-1-5-13)11-7-9-2-3-10(11)6-9/h2-3,9-11H,1,4-8H2,(H,14,15). The fraction of sp³-hybridized carbons (Fsp3) is 0.769. The molecule has 0 aliphatic heterocycles. The van der Waals surface area contributed by atoms with Crippen LogP contribution in [0.25, 0.3) is 0 Å². The molecule has 3 unspecified atom stereocenters. The Kier molecular flexibility index (Phi) is 1.95. The highest BCUT2D eigenvalue weighted by Crippen LogP contribution is 2.60. The van der Waals surface area contributed by atoms with Crippen molar-refractivity contribution in [3.8, 4) is 0 Å². The zero-order valence-electron chi connectivity index (χ0n) is 8.98. The number of carboxylic acids is 1. The first-order valence-electron chi connectivity index (χ1n) is 6.10. The molecule has 0 radical (unpaired) electrons. The van der Waals surface area contributed by atoms with Crippen LogP contribution < -0.4 is 0 Å². The van der Waals surface area contributed by atoms with Crippen LogP contribution in [0.4, 0.5) is 0 Å². The summed E-state index contributed by atoms with van der Waals surface area (Å²) in [6, 6.07) is 0. The quantitative estimate of drug-likeness (QED) is 0.721. The second kappa shape index (κ2) is 3.10. The van der Waals surface area contributed by atoms with Gasteiger partial charge in [0.2, 0.25) is 0 Å². The fourth-order valence-electron chi connectivity index (χ4n) is 4.10. The van der Waals surface area contributed by atoms with Crippen molar-refractivity contribution >= 4 is 5.97 Å². The first kappa shape index (κ1) is 9.44. The van der Waals surface area contributed by atoms with Crippen LogP contribution in [0, 0.1) is 23.2 Å². The Morgan fingerprint density at radius 1 is 1.33 bits per heavy atom. The van der Waals surface area contributed by atoms with Gasteiger partial charge in [0, 0.05) is 0 Å². The first-order valence-corrected chi connectivity index (χ1v) is 6.10. The summed E-state index contributed by atoms with van der Waals surface area (Å²) in [5.41, 5.74) is 0.177. The highest BCUT2D eigenvalue weighted by atomic mass is 16.4. The summed E-state index contributed by atoms with van der Waals surface area (Å²) in [5, 5.41) is 9.03. The second-order valence-corrected chi connectivity index (χ2v) is 5.67. The maximum atomic E-state index is 11.0. The van der Waals surface area contributed by atoms with E-state index in [0.717, 1.165) is 18.8 Å². The van der Waals surface area contributed by atoms with E-state index >= 15 is 0 Å². The van der Waals surface area contributed by atoms with Gasteiger partial charge in [0.05, 0.1) is 6.42 Å². The Balaban J connectivity index is 1.79. The van der Waals surface area contributed by atoms with Gasteiger partial charge in [-0.2, -0.15) is 0 Å². The van der Waals surface area contributed by atoms with Crippen molar-refractivity contribution in [2.75, 3.05) is 0 Å². The number of carbonyl (C=O) groups is 1. The van der Waals surface area contributed by atoms with E-state index in [1.165, 1.54) is 19.3 Å². The predicted octanol–water partition coefficient (Wildman–Crippen LogP) is 2.84. The minimum Gasteiger partial charge on any atom is -0.481 e. The van der Waals surface area contributed by atoms with E-state index in [2.05, 4.69) is 12.2 Å². The van der Waals surface area contributed by atoms with Crippen molar-refractivity contribution in [2.45, 2.75) is 38.5 Å². The fourth-order valence-corrected chi connectivity index (χ4v) is 4.10. The lowest BCUT2D eigenvalue weighted by Crippen LogP contribution is -2.41. The molecule has 15 heavy (non-hydrogen) atoms. The second-order valence-electron chi connectivity index (χ2n) is 5.67. The topological polar surface area (TPSA) is 37.3 Å². The molecule has 2 heteroatoms. The summed E-state index contributed by atoms with van der Waals surface area (Å²) in [6.45, 7) is 0. The van der Waals surface area contributed by atoms with Crippen LogP contribution in [0.1, 0.15) is 38.5 Å². The Morgan fingerprint density at radius 2 is 2.13 bits per heavy atom. The highest BCUT2D eigenvalue weighted by Gasteiger charge is 2.52. The van der Waals surface area contributed by atoms with E-state index < -0.39 is 5.97 Å². The van der Waals surface area contributed by atoms with Gasteiger partial charge in [-0.15, -0.1) is 0 Å². The Bertz CT molecular complexity index is 314. The molecule has 2 fully saturated rings. The molecule has 2 nitrogen and oxygen atoms in total. The first-order chi connectivity index (χ1) is 7.20. The molecule has 3 aliphatic rings. The molecule has 0 aromatic heterocycles. The van der Waals surface area contributed by atoms with Gasteiger partial charge < -0.3 is 5.11 Å². The van der Waals surface area contributed by atoms with E-state index in [1.807, 2.05) is 0 Å². The smallest absolute Gasteiger partial charge is 0.303 e. The average molecular weight is 206 g/mol. The van der Waals surface area contributed by atoms with E-state index in [9.17, 15) is 4.79 Å². The molecule has 3 rings (SSSR count). The van der Waals surface area contributed by atoms with Crippen LogP contribution in [-0.2, 0) is 4.79 Å². The van der Waals surface area contributed by atoms with Crippen molar-refractivity contribution in [1.29, 1.82) is 0 Å². The maximum absolute atomic E-state index is 11.0. The molecule has 0 heterocycles. The molecular formula is C13H18O2. The van der Waals surface area contributed by atoms with Crippen LogP contribution in [-0.4, -0.2) is 11.1 Å². The van der Waals surface area contributed by atoms with E-state index in [0.29, 0.717) is 18.3 Å². The largest absolute Gasteiger partial charge is 0.481 e. The third-order valence-electron chi connectivity index (χ3n) is 4.92. The third kappa shape index (κ3) is 1.34. The minimum atomic E-state index is -0.596. The lowest BCUT2D eigenvalue weighted by Gasteiger charge is -2.48. The van der Waals surface area contributed by atoms with E-state index in [4.69, 9.17) is 5.11 Å². The number of hydrogen-bond donors (Lipinski definition) is 1. The summed E-state index contributed by atoms with van der Waals surface area (Å²) in [5.74, 6) is 1.56. The van der Waals surface area contributed by atoms with Gasteiger partial charge in [-0.05, 0) is 48.9 Å². The summed E-state index contributed by atoms with van der Waals surface area (Å²) >= 11 is 0. The van der Waals surface area contributed by atoms with Crippen molar-refractivity contribution < 1.29 is 9.90 Å². The summed E-state index contributed by atoms with van der Waals surface area (Å²) in [6.07, 6.45) is 11.2. The maximum Gasteiger partial charge on any atom is 0.303 e. The molecule has 0 saturated heterocycles. The Labute approximate surface area is 90.4 Å². The highest BCUT2D eigenvalue weighted by molar-refractivity contribution is 5.68. The molecule has 1 N–H and O–H groups in total. The predicted molar refractivity (Wildman–Crippen MR) is 57.4 cm³/mol. The molecule has 0 aromatic rings. The summed E-state index contributed by atoms with van der Waals surface area (Å²) in [7, 11) is 0. The van der Waals surface area contributed by atoms with Gasteiger partial charge in [-0.25, -0.2) is 0 Å². The van der Waals surface area contributed by atoms with Crippen LogP contribution in [0.5, 0.6) is 0 Å². The molecule has 3 aliphatic carbocycles. The molecule has 0 amide bonds. The van der Waals surface area contributed by atoms with Crippen LogP contribution in [0.2, 0.25) is 0 Å². The molecule has 0 spiro atoms. The number of hydrogen-bond acceptors (Lipinski definition) is 1. The normalized spacial score (nSPS) is 40.4. The van der Waals surface area contributed by atoms with Crippen LogP contribution in [0.3, 0.4) is 0 Å². The zero-order chi connectivity index (χ0) is 10.5. The number of allylic oxidation sites excluding steroid dienone is 2. The minimum absolute atomic E-state index is 0.177. The van der Waals surface area contributed by atoms with Crippen molar-refractivity contribution in [3.63, 3.8) is 0 Å². The molecule has 0 aromatic carbocycles. The van der Waals surface area contributed by atoms with Crippen molar-refractivity contribution in [3.05, 3.63) is 12.2 Å². The molecule has 2 bridgehead atoms. The SMILES string of the molecule is O=C(O)CC1(C2CC3C=CC2C3)CCC1. The average Bonchev–Trinajstić information content (AvgIpc) is 2.71. The van der Waals surface area contributed by atoms with Crippen molar-refractivity contribution in [2.24, 2.45) is 23.2 Å². The third-order valence-corrected chi connectivity index (χ3v) is 4.92. The van der Waals surface area contributed by atoms with Gasteiger partial charge in [-0.3, -0.25) is 4.79 Å². The summed E-state index contributed by atoms with van der Waals surface area (Å²) in [4.78, 5) is 11.0. The van der Waals surface area contributed by atoms with Crippen LogP contribution in [0.15, 0.2) is 12.2 Å². The van der Waals surface area contributed by atoms with Crippen LogP contribution >= 0.6 is 0 Å². The Hall–Kier alpha value is -0.790. The molecule has 3 atom stereocenters. The number of rotatable bonds is 3. The van der Waals surface area contributed by atoms with Crippen molar-refractivity contribution in [1.82, 2.24) is 0 Å². The number of carboxylic acid groups (broad SMARTS) is 1. The van der Waals surface area contributed by atoms with Gasteiger partial charge >= 0.3 is 5.97 Å². The summed E-state index contributed by atoms with van der Waals surface area (Å²) < 4.78 is 0. The monoisotopic (exact) mass is 206 g/mol. The lowest BCUT2D eigenvalue weighted by molar-refractivity contribution is -0.143. The van der Waals surface area contributed by atoms with Gasteiger partial charge in [0.1, 0.15) is 0 Å². The zero-order valence-corrected chi connectivity index (χ0v) is 8.98. The lowest BCUT2D eigenvalue weighted by atomic mass is 9.56. The van der Waals surface area contributed by atoms with E-state index in [1.54, 1.807) is 0 Å². The van der Waals surface area contributed by atoms with E-state index in [-0.39, 0.29) is 5.41 Å². The molecular weight excluding hydrogens is 188 g/mol. The van der Waals surface area contributed by atoms with Gasteiger partial charge in [0.15, 0.2) is 0 Å². The molecule has 82 valence electrons. The number of aliphatic carboxylic acids is 1. The Morgan fingerprint density at radius 3 is 2.53 bits per heavy atom. The van der Waals surface area contributed by atoms with Gasteiger partial charge in [-0.1, -0.05) is 18.6 Å². The number of fused-ring (bicyclic) bond motifs is 2.